The fraction of sp³-hybridized carbons (Fsp3) is 0.680. The van der Waals surface area contributed by atoms with Crippen molar-refractivity contribution in [2.24, 2.45) is 0 Å². The largest absolute Gasteiger partial charge is 0.481 e. The van der Waals surface area contributed by atoms with Gasteiger partial charge in [0.1, 0.15) is 30.7 Å². The van der Waals surface area contributed by atoms with Crippen molar-refractivity contribution >= 4 is 33.4 Å². The van der Waals surface area contributed by atoms with Crippen LogP contribution in [0.15, 0.2) is 77.8 Å². The summed E-state index contributed by atoms with van der Waals surface area (Å²) < 4.78 is 56.7. The van der Waals surface area contributed by atoms with Crippen LogP contribution in [0.5, 0.6) is 0 Å². The predicted molar refractivity (Wildman–Crippen MR) is 272 cm³/mol. The molecular formula is C50H83N3O16P2. The van der Waals surface area contributed by atoms with Gasteiger partial charge in [-0.3, -0.25) is 23.2 Å². The summed E-state index contributed by atoms with van der Waals surface area (Å²) in [6, 6.07) is 1.24. The first-order chi connectivity index (χ1) is 34.1. The van der Waals surface area contributed by atoms with E-state index in [9.17, 15) is 48.6 Å². The van der Waals surface area contributed by atoms with Gasteiger partial charge in [-0.2, -0.15) is 9.29 Å². The minimum atomic E-state index is -5.44. The molecule has 7 N–H and O–H groups in total. The molecule has 404 valence electrons. The molecule has 0 bridgehead atoms. The Morgan fingerprint density at radius 1 is 0.732 bits per heavy atom. The lowest BCUT2D eigenvalue weighted by molar-refractivity contribution is -0.161. The zero-order valence-electron chi connectivity index (χ0n) is 41.9. The molecule has 0 aliphatic carbocycles. The summed E-state index contributed by atoms with van der Waals surface area (Å²) in [4.78, 5) is 61.9. The van der Waals surface area contributed by atoms with E-state index in [0.29, 0.717) is 25.7 Å². The van der Waals surface area contributed by atoms with E-state index in [1.54, 1.807) is 0 Å². The molecule has 8 atom stereocenters. The first-order valence-electron chi connectivity index (χ1n) is 25.4. The summed E-state index contributed by atoms with van der Waals surface area (Å²) in [6.07, 6.45) is 33.7. The van der Waals surface area contributed by atoms with E-state index in [1.165, 1.54) is 31.7 Å². The van der Waals surface area contributed by atoms with Crippen LogP contribution in [-0.2, 0) is 46.3 Å². The normalized spacial score (nSPS) is 20.1. The number of unbranched alkanes of at least 4 members (excludes halogenated alkanes) is 12. The molecule has 0 aromatic carbocycles. The van der Waals surface area contributed by atoms with Crippen molar-refractivity contribution < 1.29 is 71.4 Å². The number of nitrogens with two attached hydrogens (primary N) is 1. The van der Waals surface area contributed by atoms with Gasteiger partial charge in [0.05, 0.1) is 19.3 Å². The third-order valence-electron chi connectivity index (χ3n) is 11.1. The van der Waals surface area contributed by atoms with Gasteiger partial charge in [-0.25, -0.2) is 13.9 Å². The summed E-state index contributed by atoms with van der Waals surface area (Å²) in [5.41, 5.74) is 4.58. The van der Waals surface area contributed by atoms with Crippen molar-refractivity contribution in [3.05, 3.63) is 83.5 Å². The number of ether oxygens (including phenoxy) is 3. The van der Waals surface area contributed by atoms with Crippen molar-refractivity contribution in [1.82, 2.24) is 9.55 Å². The number of hydrogen-bond donors (Lipinski definition) is 6. The number of nitrogens with zero attached hydrogens (tertiary/aromatic N) is 2. The van der Waals surface area contributed by atoms with Crippen LogP contribution in [0.1, 0.15) is 168 Å². The van der Waals surface area contributed by atoms with Crippen LogP contribution in [0.4, 0.5) is 5.82 Å². The maximum atomic E-state index is 12.9. The van der Waals surface area contributed by atoms with Gasteiger partial charge in [-0.1, -0.05) is 132 Å². The second kappa shape index (κ2) is 38.1. The fourth-order valence-electron chi connectivity index (χ4n) is 7.20. The smallest absolute Gasteiger partial charge is 0.462 e. The molecule has 19 nitrogen and oxygen atoms in total. The molecule has 3 unspecified atom stereocenters. The summed E-state index contributed by atoms with van der Waals surface area (Å²) in [6.45, 7) is 1.88. The van der Waals surface area contributed by atoms with Crippen LogP contribution in [-0.4, -0.2) is 96.9 Å². The molecule has 1 aliphatic heterocycles. The lowest BCUT2D eigenvalue weighted by Gasteiger charge is -2.21. The predicted octanol–water partition coefficient (Wildman–Crippen LogP) is 9.30. The van der Waals surface area contributed by atoms with Crippen LogP contribution in [0, 0.1) is 0 Å². The highest BCUT2D eigenvalue weighted by atomic mass is 31.3. The van der Waals surface area contributed by atoms with Gasteiger partial charge in [0, 0.05) is 19.0 Å². The summed E-state index contributed by atoms with van der Waals surface area (Å²) in [5.74, 6) is -1.39. The van der Waals surface area contributed by atoms with Crippen molar-refractivity contribution in [1.29, 1.82) is 0 Å². The Kier molecular flexibility index (Phi) is 34.1. The molecule has 71 heavy (non-hydrogen) atoms. The number of nitrogen functional groups attached to an aromatic ring is 1. The maximum Gasteiger partial charge on any atom is 0.481 e. The Hall–Kier alpha value is -3.58. The number of esters is 2. The molecule has 1 saturated heterocycles. The monoisotopic (exact) mass is 1040 g/mol. The van der Waals surface area contributed by atoms with Crippen LogP contribution in [0.25, 0.3) is 0 Å². The molecule has 0 saturated carbocycles. The average Bonchev–Trinajstić information content (AvgIpc) is 3.60. The number of phosphoric ester groups is 2. The number of carbonyl (C=O) groups excluding carboxylic acids is 2. The molecule has 1 aromatic rings. The van der Waals surface area contributed by atoms with E-state index >= 15 is 0 Å². The molecule has 1 aromatic heterocycles. The Balaban J connectivity index is 1.83. The molecule has 0 radical (unpaired) electrons. The molecule has 2 heterocycles. The third kappa shape index (κ3) is 30.9. The third-order valence-corrected chi connectivity index (χ3v) is 13.7. The Morgan fingerprint density at radius 2 is 1.28 bits per heavy atom. The van der Waals surface area contributed by atoms with E-state index in [2.05, 4.69) is 53.5 Å². The van der Waals surface area contributed by atoms with Crippen molar-refractivity contribution in [3.63, 3.8) is 0 Å². The van der Waals surface area contributed by atoms with Gasteiger partial charge in [0.2, 0.25) is 0 Å². The minimum absolute atomic E-state index is 0.0239. The van der Waals surface area contributed by atoms with Gasteiger partial charge in [0.25, 0.3) is 0 Å². The summed E-state index contributed by atoms with van der Waals surface area (Å²) in [7, 11) is -10.9. The van der Waals surface area contributed by atoms with E-state index < -0.39 is 83.7 Å². The minimum Gasteiger partial charge on any atom is -0.462 e. The lowest BCUT2D eigenvalue weighted by Crippen LogP contribution is -2.36. The first-order valence-corrected chi connectivity index (χ1v) is 28.4. The van der Waals surface area contributed by atoms with Crippen LogP contribution in [0.3, 0.4) is 0 Å². The number of anilines is 1. The fourth-order valence-corrected chi connectivity index (χ4v) is 9.31. The molecule has 1 fully saturated rings. The number of allylic oxidation sites excluding steroid dienone is 9. The molecule has 0 amide bonds. The van der Waals surface area contributed by atoms with Gasteiger partial charge < -0.3 is 45.1 Å². The number of carbonyl (C=O) groups is 2. The number of rotatable bonds is 41. The first kappa shape index (κ1) is 63.5. The molecular weight excluding hydrogens is 961 g/mol. The number of aromatic nitrogens is 2. The van der Waals surface area contributed by atoms with Crippen molar-refractivity contribution in [3.8, 4) is 0 Å². The SMILES string of the molecule is CCCCCC/C=C\CCCCCCCCCC(=O)O[C@H](COC(=O)CCC/C=C\C/C=C\C/C=C\C/C=C\CC(O)CCC)COP(=O)(O)OP(=O)(O)OC[C@H]1O[C@@H](n2ccc(N)nc2=O)[C@H](O)[C@@H]1O. The van der Waals surface area contributed by atoms with Crippen LogP contribution >= 0.6 is 15.6 Å². The van der Waals surface area contributed by atoms with Crippen LogP contribution < -0.4 is 11.4 Å². The Bertz CT molecular complexity index is 1940. The molecule has 1 aliphatic rings. The molecule has 21 heteroatoms. The zero-order valence-corrected chi connectivity index (χ0v) is 43.7. The van der Waals surface area contributed by atoms with E-state index in [4.69, 9.17) is 29.0 Å². The highest BCUT2D eigenvalue weighted by Gasteiger charge is 2.46. The van der Waals surface area contributed by atoms with Gasteiger partial charge in [-0.05, 0) is 83.1 Å². The topological polar surface area (TPSA) is 286 Å². The van der Waals surface area contributed by atoms with Gasteiger partial charge in [0.15, 0.2) is 12.3 Å². The van der Waals surface area contributed by atoms with E-state index in [1.807, 2.05) is 30.4 Å². The standard InChI is InChI=1S/C50H83N3O16P2/c1-3-5-6-7-8-9-10-11-12-15-19-22-25-28-31-35-46(56)67-42(38-64-45(55)34-30-27-24-21-18-16-13-14-17-20-23-26-29-33-41(54)32-4-2)39-65-70(60,61)69-71(62,63)66-40-43-47(57)48(58)49(68-43)53-37-36-44(51)52-50(53)59/h9-10,13,16-17,20-21,24,26,29,36-37,41-43,47-49,54,57-58H,3-8,11-12,14-15,18-19,22-23,25,27-28,30-35,38-40H2,1-2H3,(H,60,61)(H,62,63)(H2,51,52,59)/b10-9-,16-13-,20-17-,24-21-,29-26-/t41?,42-,43-,47-,48-,49-/m1/s1. The second-order valence-corrected chi connectivity index (χ2v) is 20.5. The van der Waals surface area contributed by atoms with E-state index in [-0.39, 0.29) is 24.8 Å². The van der Waals surface area contributed by atoms with Crippen molar-refractivity contribution in [2.45, 2.75) is 198 Å². The average molecular weight is 1040 g/mol. The molecule has 2 rings (SSSR count). The highest BCUT2D eigenvalue weighted by molar-refractivity contribution is 7.61. The zero-order chi connectivity index (χ0) is 52.2. The van der Waals surface area contributed by atoms with Crippen LogP contribution in [0.2, 0.25) is 0 Å². The number of aliphatic hydroxyl groups is 3. The lowest BCUT2D eigenvalue weighted by atomic mass is 10.1. The van der Waals surface area contributed by atoms with Gasteiger partial charge in [-0.15, -0.1) is 0 Å². The Labute approximate surface area is 420 Å². The van der Waals surface area contributed by atoms with E-state index in [0.717, 1.165) is 94.2 Å². The summed E-state index contributed by atoms with van der Waals surface area (Å²) in [5, 5.41) is 30.7. The second-order valence-electron chi connectivity index (χ2n) is 17.5. The molecule has 0 spiro atoms. The van der Waals surface area contributed by atoms with Crippen molar-refractivity contribution in [2.75, 3.05) is 25.6 Å². The number of phosphoric acid groups is 2. The number of hydrogen-bond acceptors (Lipinski definition) is 16. The summed E-state index contributed by atoms with van der Waals surface area (Å²) >= 11 is 0. The maximum absolute atomic E-state index is 12.9. The quantitative estimate of drug-likeness (QED) is 0.0154. The highest BCUT2D eigenvalue weighted by Crippen LogP contribution is 2.60. The Morgan fingerprint density at radius 3 is 1.92 bits per heavy atom. The number of aliphatic hydroxyl groups excluding tert-OH is 3. The van der Waals surface area contributed by atoms with Gasteiger partial charge >= 0.3 is 33.3 Å².